The average molecular weight is 426 g/mol. The number of hydrogen-bond acceptors (Lipinski definition) is 2. The van der Waals surface area contributed by atoms with E-state index in [2.05, 4.69) is 10.6 Å². The predicted octanol–water partition coefficient (Wildman–Crippen LogP) is 5.46. The molecule has 0 aliphatic heterocycles. The highest BCUT2D eigenvalue weighted by atomic mass is 19.4. The molecular formula is C25H25F3N2O. The van der Waals surface area contributed by atoms with Crippen molar-refractivity contribution in [2.45, 2.75) is 31.1 Å². The molecule has 0 bridgehead atoms. The van der Waals surface area contributed by atoms with Crippen LogP contribution in [0.25, 0.3) is 0 Å². The summed E-state index contributed by atoms with van der Waals surface area (Å²) < 4.78 is 38.5. The first-order valence-electron chi connectivity index (χ1n) is 10.1. The van der Waals surface area contributed by atoms with Crippen LogP contribution in [0.5, 0.6) is 0 Å². The summed E-state index contributed by atoms with van der Waals surface area (Å²) in [5.41, 5.74) is 2.02. The van der Waals surface area contributed by atoms with Crippen molar-refractivity contribution < 1.29 is 18.0 Å². The topological polar surface area (TPSA) is 41.1 Å². The first-order valence-corrected chi connectivity index (χ1v) is 10.1. The Morgan fingerprint density at radius 2 is 1.39 bits per heavy atom. The van der Waals surface area contributed by atoms with E-state index in [-0.39, 0.29) is 11.9 Å². The molecule has 2 atom stereocenters. The minimum Gasteiger partial charge on any atom is -0.358 e. The Bertz CT molecular complexity index is 958. The SMILES string of the molecule is CNC(=O)[C@H](N[C@@H](CCc1ccc(C(F)(F)F)cc1)c1ccccc1)c1ccccc1. The highest BCUT2D eigenvalue weighted by Gasteiger charge is 2.30. The summed E-state index contributed by atoms with van der Waals surface area (Å²) in [5, 5.41) is 6.16. The number of nitrogens with one attached hydrogen (secondary N) is 2. The molecule has 2 N–H and O–H groups in total. The van der Waals surface area contributed by atoms with Gasteiger partial charge in [-0.1, -0.05) is 72.8 Å². The molecule has 0 radical (unpaired) electrons. The maximum Gasteiger partial charge on any atom is 0.416 e. The third kappa shape index (κ3) is 6.18. The van der Waals surface area contributed by atoms with Crippen LogP contribution in [0.3, 0.4) is 0 Å². The van der Waals surface area contributed by atoms with Gasteiger partial charge in [-0.15, -0.1) is 0 Å². The zero-order valence-corrected chi connectivity index (χ0v) is 17.2. The Morgan fingerprint density at radius 3 is 1.90 bits per heavy atom. The van der Waals surface area contributed by atoms with Crippen molar-refractivity contribution in [3.8, 4) is 0 Å². The van der Waals surface area contributed by atoms with E-state index in [1.165, 1.54) is 12.1 Å². The maximum absolute atomic E-state index is 12.8. The molecule has 6 heteroatoms. The van der Waals surface area contributed by atoms with E-state index in [9.17, 15) is 18.0 Å². The molecule has 3 nitrogen and oxygen atoms in total. The fraction of sp³-hybridized carbons (Fsp3) is 0.240. The number of benzene rings is 3. The van der Waals surface area contributed by atoms with Crippen LogP contribution >= 0.6 is 0 Å². The van der Waals surface area contributed by atoms with E-state index in [1.54, 1.807) is 7.05 Å². The van der Waals surface area contributed by atoms with E-state index in [4.69, 9.17) is 0 Å². The number of amides is 1. The third-order valence-electron chi connectivity index (χ3n) is 5.21. The van der Waals surface area contributed by atoms with Gasteiger partial charge in [-0.2, -0.15) is 13.2 Å². The van der Waals surface area contributed by atoms with Gasteiger partial charge in [0.05, 0.1) is 5.56 Å². The van der Waals surface area contributed by atoms with Crippen LogP contribution in [0.15, 0.2) is 84.9 Å². The summed E-state index contributed by atoms with van der Waals surface area (Å²) in [5.74, 6) is -0.151. The number of rotatable bonds is 8. The molecular weight excluding hydrogens is 401 g/mol. The normalized spacial score (nSPS) is 13.4. The molecule has 31 heavy (non-hydrogen) atoms. The summed E-state index contributed by atoms with van der Waals surface area (Å²) in [6, 6.07) is 23.7. The van der Waals surface area contributed by atoms with Crippen LogP contribution in [0, 0.1) is 0 Å². The van der Waals surface area contributed by atoms with Gasteiger partial charge in [0.2, 0.25) is 5.91 Å². The van der Waals surface area contributed by atoms with E-state index >= 15 is 0 Å². The van der Waals surface area contributed by atoms with Gasteiger partial charge in [0, 0.05) is 13.1 Å². The second-order valence-corrected chi connectivity index (χ2v) is 7.32. The highest BCUT2D eigenvalue weighted by molar-refractivity contribution is 5.83. The summed E-state index contributed by atoms with van der Waals surface area (Å²) in [7, 11) is 1.60. The van der Waals surface area contributed by atoms with Gasteiger partial charge in [-0.05, 0) is 41.7 Å². The first kappa shape index (κ1) is 22.6. The van der Waals surface area contributed by atoms with Crippen LogP contribution in [-0.4, -0.2) is 13.0 Å². The summed E-state index contributed by atoms with van der Waals surface area (Å²) in [4.78, 5) is 12.6. The molecule has 3 rings (SSSR count). The molecule has 0 aliphatic carbocycles. The van der Waals surface area contributed by atoms with Crippen LogP contribution in [-0.2, 0) is 17.4 Å². The van der Waals surface area contributed by atoms with E-state index in [0.29, 0.717) is 12.8 Å². The summed E-state index contributed by atoms with van der Waals surface area (Å²) in [6.07, 6.45) is -3.15. The molecule has 3 aromatic carbocycles. The zero-order valence-electron chi connectivity index (χ0n) is 17.2. The Kier molecular flexibility index (Phi) is 7.47. The number of carbonyl (C=O) groups excluding carboxylic acids is 1. The molecule has 0 unspecified atom stereocenters. The largest absolute Gasteiger partial charge is 0.416 e. The second-order valence-electron chi connectivity index (χ2n) is 7.32. The van der Waals surface area contributed by atoms with Gasteiger partial charge in [-0.25, -0.2) is 0 Å². The number of carbonyl (C=O) groups is 1. The van der Waals surface area contributed by atoms with Crippen LogP contribution in [0.4, 0.5) is 13.2 Å². The van der Waals surface area contributed by atoms with Crippen LogP contribution in [0.2, 0.25) is 0 Å². The third-order valence-corrected chi connectivity index (χ3v) is 5.21. The van der Waals surface area contributed by atoms with Crippen LogP contribution in [0.1, 0.15) is 40.8 Å². The van der Waals surface area contributed by atoms with Gasteiger partial charge in [0.15, 0.2) is 0 Å². The van der Waals surface area contributed by atoms with Crippen molar-refractivity contribution >= 4 is 5.91 Å². The quantitative estimate of drug-likeness (QED) is 0.503. The number of hydrogen-bond donors (Lipinski definition) is 2. The lowest BCUT2D eigenvalue weighted by molar-refractivity contribution is -0.137. The highest BCUT2D eigenvalue weighted by Crippen LogP contribution is 2.30. The molecule has 0 saturated heterocycles. The number of alkyl halides is 3. The molecule has 0 aliphatic rings. The molecule has 0 spiro atoms. The zero-order chi connectivity index (χ0) is 22.3. The lowest BCUT2D eigenvalue weighted by Gasteiger charge is -2.26. The molecule has 0 saturated carbocycles. The van der Waals surface area contributed by atoms with E-state index in [1.807, 2.05) is 60.7 Å². The molecule has 0 aromatic heterocycles. The van der Waals surface area contributed by atoms with Crippen molar-refractivity contribution in [3.05, 3.63) is 107 Å². The van der Waals surface area contributed by atoms with Gasteiger partial charge in [0.25, 0.3) is 0 Å². The molecule has 1 amide bonds. The van der Waals surface area contributed by atoms with Crippen molar-refractivity contribution in [2.75, 3.05) is 7.05 Å². The van der Waals surface area contributed by atoms with Crippen molar-refractivity contribution in [3.63, 3.8) is 0 Å². The Hall–Kier alpha value is -3.12. The minimum absolute atomic E-state index is 0.151. The maximum atomic E-state index is 12.8. The second kappa shape index (κ2) is 10.3. The van der Waals surface area contributed by atoms with Crippen molar-refractivity contribution in [1.29, 1.82) is 0 Å². The van der Waals surface area contributed by atoms with Crippen molar-refractivity contribution in [2.24, 2.45) is 0 Å². The van der Waals surface area contributed by atoms with Gasteiger partial charge >= 0.3 is 6.18 Å². The fourth-order valence-electron chi connectivity index (χ4n) is 3.52. The monoisotopic (exact) mass is 426 g/mol. The first-order chi connectivity index (χ1) is 14.9. The molecule has 3 aromatic rings. The Morgan fingerprint density at radius 1 is 0.839 bits per heavy atom. The Balaban J connectivity index is 1.81. The van der Waals surface area contributed by atoms with Gasteiger partial charge in [-0.3, -0.25) is 10.1 Å². The summed E-state index contributed by atoms with van der Waals surface area (Å²) in [6.45, 7) is 0. The Labute approximate surface area is 180 Å². The smallest absolute Gasteiger partial charge is 0.358 e. The summed E-state index contributed by atoms with van der Waals surface area (Å²) >= 11 is 0. The van der Waals surface area contributed by atoms with Gasteiger partial charge in [0.1, 0.15) is 6.04 Å². The predicted molar refractivity (Wildman–Crippen MR) is 115 cm³/mol. The lowest BCUT2D eigenvalue weighted by Crippen LogP contribution is -2.38. The van der Waals surface area contributed by atoms with Crippen LogP contribution < -0.4 is 10.6 Å². The average Bonchev–Trinajstić information content (AvgIpc) is 2.79. The number of aryl methyl sites for hydroxylation is 1. The molecule has 0 heterocycles. The lowest BCUT2D eigenvalue weighted by atomic mass is 9.96. The van der Waals surface area contributed by atoms with Gasteiger partial charge < -0.3 is 5.32 Å². The van der Waals surface area contributed by atoms with E-state index in [0.717, 1.165) is 28.8 Å². The number of halogens is 3. The fourth-order valence-corrected chi connectivity index (χ4v) is 3.52. The molecule has 162 valence electrons. The van der Waals surface area contributed by atoms with Crippen molar-refractivity contribution in [1.82, 2.24) is 10.6 Å². The minimum atomic E-state index is -4.34. The molecule has 0 fully saturated rings. The van der Waals surface area contributed by atoms with E-state index < -0.39 is 17.8 Å². The standard InChI is InChI=1S/C25H25F3N2O/c1-29-24(31)23(20-10-6-3-7-11-20)30-22(19-8-4-2-5-9-19)17-14-18-12-15-21(16-13-18)25(26,27)28/h2-13,15-16,22-23,30H,14,17H2,1H3,(H,29,31)/t22-,23+/m0/s1. The number of likely N-dealkylation sites (N-methyl/N-ethyl adjacent to an activating group) is 1.